The Balaban J connectivity index is 1.84. The van der Waals surface area contributed by atoms with Gasteiger partial charge in [0.05, 0.1) is 0 Å². The predicted octanol–water partition coefficient (Wildman–Crippen LogP) is 3.63. The van der Waals surface area contributed by atoms with Gasteiger partial charge >= 0.3 is 0 Å². The Hall–Kier alpha value is -2.61. The lowest BCUT2D eigenvalue weighted by Gasteiger charge is -2.04. The molecule has 0 bridgehead atoms. The highest BCUT2D eigenvalue weighted by Crippen LogP contribution is 2.19. The number of hydrogen-bond acceptors (Lipinski definition) is 1. The molecule has 0 aliphatic heterocycles. The lowest BCUT2D eigenvalue weighted by atomic mass is 10.0. The van der Waals surface area contributed by atoms with Gasteiger partial charge in [-0.15, -0.1) is 0 Å². The van der Waals surface area contributed by atoms with Crippen LogP contribution >= 0.6 is 0 Å². The fourth-order valence-electron chi connectivity index (χ4n) is 2.26. The Morgan fingerprint density at radius 2 is 1.45 bits per heavy atom. The molecule has 2 aromatic carbocycles. The summed E-state index contributed by atoms with van der Waals surface area (Å²) < 4.78 is 0. The normalized spacial score (nSPS) is 10.4. The molecule has 0 aliphatic rings. The maximum absolute atomic E-state index is 11.7. The third kappa shape index (κ3) is 2.69. The summed E-state index contributed by atoms with van der Waals surface area (Å²) in [6.45, 7) is 0. The first kappa shape index (κ1) is 12.4. The van der Waals surface area contributed by atoms with Crippen LogP contribution in [0.4, 0.5) is 0 Å². The van der Waals surface area contributed by atoms with E-state index in [0.29, 0.717) is 6.42 Å². The Morgan fingerprint density at radius 3 is 2.15 bits per heavy atom. The Morgan fingerprint density at radius 1 is 0.750 bits per heavy atom. The maximum Gasteiger partial charge on any atom is 0.251 e. The van der Waals surface area contributed by atoms with Crippen LogP contribution in [0.5, 0.6) is 0 Å². The number of aromatic amines is 1. The van der Waals surface area contributed by atoms with Crippen molar-refractivity contribution in [2.45, 2.75) is 6.42 Å². The topological polar surface area (TPSA) is 32.9 Å². The highest BCUT2D eigenvalue weighted by atomic mass is 16.1. The minimum Gasteiger partial charge on any atom is -0.329 e. The van der Waals surface area contributed by atoms with Crippen LogP contribution in [0.3, 0.4) is 0 Å². The third-order valence-corrected chi connectivity index (χ3v) is 3.36. The molecular formula is C18H15NO. The van der Waals surface area contributed by atoms with Crippen molar-refractivity contribution in [2.24, 2.45) is 0 Å². The van der Waals surface area contributed by atoms with Crippen molar-refractivity contribution in [3.05, 3.63) is 94.4 Å². The van der Waals surface area contributed by atoms with Crippen LogP contribution in [-0.4, -0.2) is 4.98 Å². The summed E-state index contributed by atoms with van der Waals surface area (Å²) in [7, 11) is 0. The predicted molar refractivity (Wildman–Crippen MR) is 81.7 cm³/mol. The van der Waals surface area contributed by atoms with E-state index in [0.717, 1.165) is 11.1 Å². The van der Waals surface area contributed by atoms with Gasteiger partial charge in [-0.1, -0.05) is 60.7 Å². The number of hydrogen-bond donors (Lipinski definition) is 1. The number of rotatable bonds is 3. The third-order valence-electron chi connectivity index (χ3n) is 3.36. The largest absolute Gasteiger partial charge is 0.329 e. The highest BCUT2D eigenvalue weighted by molar-refractivity contribution is 5.63. The molecule has 0 atom stereocenters. The molecule has 0 spiro atoms. The summed E-state index contributed by atoms with van der Waals surface area (Å²) in [5.41, 5.74) is 4.31. The summed E-state index contributed by atoms with van der Waals surface area (Å²) in [6, 6.07) is 22.3. The van der Waals surface area contributed by atoms with E-state index >= 15 is 0 Å². The Labute approximate surface area is 117 Å². The van der Waals surface area contributed by atoms with Crippen LogP contribution < -0.4 is 5.56 Å². The minimum atomic E-state index is -0.0142. The van der Waals surface area contributed by atoms with Gasteiger partial charge in [-0.05, 0) is 22.8 Å². The zero-order valence-corrected chi connectivity index (χ0v) is 11.0. The Kier molecular flexibility index (Phi) is 3.46. The standard InChI is InChI=1S/C18H15NO/c20-18-17(7-4-12-19-18)13-14-8-10-16(11-9-14)15-5-2-1-3-6-15/h1-12H,13H2,(H,19,20). The van der Waals surface area contributed by atoms with E-state index in [9.17, 15) is 4.79 Å². The molecule has 98 valence electrons. The molecule has 3 aromatic rings. The van der Waals surface area contributed by atoms with Gasteiger partial charge in [0.25, 0.3) is 5.56 Å². The van der Waals surface area contributed by atoms with E-state index in [1.165, 1.54) is 11.1 Å². The van der Waals surface area contributed by atoms with E-state index in [1.807, 2.05) is 30.3 Å². The summed E-state index contributed by atoms with van der Waals surface area (Å²) >= 11 is 0. The van der Waals surface area contributed by atoms with Crippen molar-refractivity contribution < 1.29 is 0 Å². The second kappa shape index (κ2) is 5.57. The molecule has 3 rings (SSSR count). The molecule has 0 saturated heterocycles. The second-order valence-corrected chi connectivity index (χ2v) is 4.76. The van der Waals surface area contributed by atoms with E-state index in [4.69, 9.17) is 0 Å². The molecule has 1 aromatic heterocycles. The van der Waals surface area contributed by atoms with Crippen LogP contribution in [0.2, 0.25) is 0 Å². The van der Waals surface area contributed by atoms with Gasteiger partial charge in [0.2, 0.25) is 0 Å². The quantitative estimate of drug-likeness (QED) is 0.767. The van der Waals surface area contributed by atoms with Gasteiger partial charge in [0.15, 0.2) is 0 Å². The zero-order valence-electron chi connectivity index (χ0n) is 11.0. The van der Waals surface area contributed by atoms with Crippen molar-refractivity contribution in [3.63, 3.8) is 0 Å². The van der Waals surface area contributed by atoms with Crippen molar-refractivity contribution in [2.75, 3.05) is 0 Å². The molecule has 2 nitrogen and oxygen atoms in total. The first-order valence-corrected chi connectivity index (χ1v) is 6.64. The Bertz CT molecular complexity index is 742. The first-order valence-electron chi connectivity index (χ1n) is 6.64. The molecule has 0 fully saturated rings. The SMILES string of the molecule is O=c1[nH]cccc1Cc1ccc(-c2ccccc2)cc1. The van der Waals surface area contributed by atoms with Gasteiger partial charge in [-0.3, -0.25) is 4.79 Å². The average molecular weight is 261 g/mol. The zero-order chi connectivity index (χ0) is 13.8. The van der Waals surface area contributed by atoms with E-state index in [-0.39, 0.29) is 5.56 Å². The van der Waals surface area contributed by atoms with E-state index < -0.39 is 0 Å². The minimum absolute atomic E-state index is 0.0142. The molecule has 0 unspecified atom stereocenters. The van der Waals surface area contributed by atoms with Gasteiger partial charge in [-0.2, -0.15) is 0 Å². The number of aromatic nitrogens is 1. The molecule has 20 heavy (non-hydrogen) atoms. The molecule has 1 heterocycles. The molecule has 0 amide bonds. The van der Waals surface area contributed by atoms with E-state index in [2.05, 4.69) is 41.4 Å². The van der Waals surface area contributed by atoms with Crippen LogP contribution in [-0.2, 0) is 6.42 Å². The number of pyridine rings is 1. The van der Waals surface area contributed by atoms with Gasteiger partial charge in [0, 0.05) is 18.2 Å². The van der Waals surface area contributed by atoms with Gasteiger partial charge < -0.3 is 4.98 Å². The first-order chi connectivity index (χ1) is 9.83. The number of benzene rings is 2. The summed E-state index contributed by atoms with van der Waals surface area (Å²) in [6.07, 6.45) is 2.32. The molecular weight excluding hydrogens is 246 g/mol. The fraction of sp³-hybridized carbons (Fsp3) is 0.0556. The number of H-pyrrole nitrogens is 1. The molecule has 0 saturated carbocycles. The number of nitrogens with one attached hydrogen (secondary N) is 1. The molecule has 1 N–H and O–H groups in total. The molecule has 0 aliphatic carbocycles. The van der Waals surface area contributed by atoms with Crippen molar-refractivity contribution >= 4 is 0 Å². The lowest BCUT2D eigenvalue weighted by molar-refractivity contribution is 1.09. The fourth-order valence-corrected chi connectivity index (χ4v) is 2.26. The second-order valence-electron chi connectivity index (χ2n) is 4.76. The van der Waals surface area contributed by atoms with Crippen LogP contribution in [0, 0.1) is 0 Å². The highest BCUT2D eigenvalue weighted by Gasteiger charge is 2.01. The van der Waals surface area contributed by atoms with Crippen molar-refractivity contribution in [1.29, 1.82) is 0 Å². The maximum atomic E-state index is 11.7. The smallest absolute Gasteiger partial charge is 0.251 e. The van der Waals surface area contributed by atoms with Crippen LogP contribution in [0.1, 0.15) is 11.1 Å². The monoisotopic (exact) mass is 261 g/mol. The lowest BCUT2D eigenvalue weighted by Crippen LogP contribution is -2.11. The van der Waals surface area contributed by atoms with Crippen LogP contribution in [0.15, 0.2) is 77.7 Å². The summed E-state index contributed by atoms with van der Waals surface area (Å²) in [5.74, 6) is 0. The summed E-state index contributed by atoms with van der Waals surface area (Å²) in [4.78, 5) is 14.4. The average Bonchev–Trinajstić information content (AvgIpc) is 2.51. The molecule has 0 radical (unpaired) electrons. The van der Waals surface area contributed by atoms with E-state index in [1.54, 1.807) is 6.20 Å². The van der Waals surface area contributed by atoms with Crippen molar-refractivity contribution in [3.8, 4) is 11.1 Å². The van der Waals surface area contributed by atoms with Crippen molar-refractivity contribution in [1.82, 2.24) is 4.98 Å². The molecule has 2 heteroatoms. The summed E-state index contributed by atoms with van der Waals surface area (Å²) in [5, 5.41) is 0. The van der Waals surface area contributed by atoms with Gasteiger partial charge in [0.1, 0.15) is 0 Å². The van der Waals surface area contributed by atoms with Gasteiger partial charge in [-0.25, -0.2) is 0 Å². The van der Waals surface area contributed by atoms with Crippen LogP contribution in [0.25, 0.3) is 11.1 Å².